The highest BCUT2D eigenvalue weighted by atomic mass is 16.5. The number of nitrogens with zero attached hydrogens (tertiary/aromatic N) is 4. The number of ether oxygens (including phenoxy) is 1. The molecule has 0 fully saturated rings. The molecular formula is C22H22N4O. The molecule has 1 unspecified atom stereocenters. The van der Waals surface area contributed by atoms with Gasteiger partial charge < -0.3 is 9.30 Å². The van der Waals surface area contributed by atoms with E-state index < -0.39 is 0 Å². The van der Waals surface area contributed by atoms with E-state index in [1.165, 1.54) is 5.69 Å². The van der Waals surface area contributed by atoms with Crippen molar-refractivity contribution in [3.8, 4) is 6.07 Å². The lowest BCUT2D eigenvalue weighted by Gasteiger charge is -2.35. The predicted octanol–water partition coefficient (Wildman–Crippen LogP) is 3.53. The van der Waals surface area contributed by atoms with E-state index in [9.17, 15) is 5.26 Å². The molecule has 0 N–H and O–H groups in total. The Balaban J connectivity index is 1.43. The lowest BCUT2D eigenvalue weighted by molar-refractivity contribution is 0.0574. The fourth-order valence-corrected chi connectivity index (χ4v) is 3.64. The van der Waals surface area contributed by atoms with Crippen LogP contribution in [0.15, 0.2) is 67.0 Å². The maximum Gasteiger partial charge on any atom is 0.0995 e. The smallest absolute Gasteiger partial charge is 0.0995 e. The zero-order valence-corrected chi connectivity index (χ0v) is 15.2. The van der Waals surface area contributed by atoms with Crippen molar-refractivity contribution in [1.82, 2.24) is 14.5 Å². The predicted molar refractivity (Wildman–Crippen MR) is 103 cm³/mol. The molecule has 5 nitrogen and oxygen atoms in total. The molecule has 1 aliphatic heterocycles. The number of fused-ring (bicyclic) bond motifs is 1. The third kappa shape index (κ3) is 4.08. The highest BCUT2D eigenvalue weighted by Gasteiger charge is 2.25. The third-order valence-electron chi connectivity index (χ3n) is 4.93. The zero-order chi connectivity index (χ0) is 18.5. The van der Waals surface area contributed by atoms with E-state index >= 15 is 0 Å². The highest BCUT2D eigenvalue weighted by molar-refractivity contribution is 5.37. The Hall–Kier alpha value is -2.94. The highest BCUT2D eigenvalue weighted by Crippen LogP contribution is 2.24. The number of hydrogen-bond acceptors (Lipinski definition) is 4. The Morgan fingerprint density at radius 1 is 1.11 bits per heavy atom. The first kappa shape index (κ1) is 17.5. The average molecular weight is 358 g/mol. The minimum atomic E-state index is 0.252. The van der Waals surface area contributed by atoms with Crippen LogP contribution in [0.5, 0.6) is 0 Å². The summed E-state index contributed by atoms with van der Waals surface area (Å²) in [5.41, 5.74) is 4.05. The Morgan fingerprint density at radius 2 is 2.00 bits per heavy atom. The van der Waals surface area contributed by atoms with Crippen LogP contribution in [0.4, 0.5) is 0 Å². The van der Waals surface area contributed by atoms with Crippen LogP contribution < -0.4 is 0 Å². The number of benzene rings is 1. The summed E-state index contributed by atoms with van der Waals surface area (Å²) in [6, 6.07) is 20.5. The molecule has 0 spiro atoms. The van der Waals surface area contributed by atoms with Crippen LogP contribution in [0.2, 0.25) is 0 Å². The monoisotopic (exact) mass is 358 g/mol. The van der Waals surface area contributed by atoms with E-state index in [4.69, 9.17) is 4.74 Å². The summed E-state index contributed by atoms with van der Waals surface area (Å²) in [4.78, 5) is 6.70. The molecule has 2 aromatic heterocycles. The topological polar surface area (TPSA) is 54.1 Å². The van der Waals surface area contributed by atoms with Crippen LogP contribution in [0, 0.1) is 11.3 Å². The summed E-state index contributed by atoms with van der Waals surface area (Å²) in [6.45, 7) is 3.69. The minimum absolute atomic E-state index is 0.252. The maximum absolute atomic E-state index is 9.35. The van der Waals surface area contributed by atoms with Crippen molar-refractivity contribution in [3.63, 3.8) is 0 Å². The fourth-order valence-electron chi connectivity index (χ4n) is 3.64. The summed E-state index contributed by atoms with van der Waals surface area (Å²) in [6.07, 6.45) is 3.92. The quantitative estimate of drug-likeness (QED) is 0.676. The van der Waals surface area contributed by atoms with Gasteiger partial charge in [-0.3, -0.25) is 9.88 Å². The molecule has 0 saturated heterocycles. The molecule has 136 valence electrons. The second kappa shape index (κ2) is 8.17. The summed E-state index contributed by atoms with van der Waals surface area (Å²) in [5, 5.41) is 9.35. The Labute approximate surface area is 159 Å². The largest absolute Gasteiger partial charge is 0.373 e. The van der Waals surface area contributed by atoms with Crippen LogP contribution >= 0.6 is 0 Å². The van der Waals surface area contributed by atoms with Crippen LogP contribution in [0.1, 0.15) is 28.6 Å². The van der Waals surface area contributed by atoms with Crippen LogP contribution in [-0.2, 0) is 24.4 Å². The molecule has 27 heavy (non-hydrogen) atoms. The van der Waals surface area contributed by atoms with E-state index in [0.29, 0.717) is 13.2 Å². The zero-order valence-electron chi connectivity index (χ0n) is 15.2. The SMILES string of the molecule is N#Cc1ccccc1CN1Cc2cccn2C(COCc2ccccn2)C1. The molecular weight excluding hydrogens is 336 g/mol. The number of pyridine rings is 1. The molecule has 3 aromatic rings. The number of hydrogen-bond donors (Lipinski definition) is 0. The van der Waals surface area contributed by atoms with E-state index in [0.717, 1.165) is 36.5 Å². The Bertz CT molecular complexity index is 929. The van der Waals surface area contributed by atoms with Gasteiger partial charge in [0.2, 0.25) is 0 Å². The van der Waals surface area contributed by atoms with Crippen molar-refractivity contribution in [2.45, 2.75) is 25.7 Å². The molecule has 5 heteroatoms. The number of nitriles is 1. The van der Waals surface area contributed by atoms with Crippen molar-refractivity contribution in [3.05, 3.63) is 89.5 Å². The first-order valence-electron chi connectivity index (χ1n) is 9.17. The second-order valence-corrected chi connectivity index (χ2v) is 6.84. The van der Waals surface area contributed by atoms with Gasteiger partial charge in [-0.2, -0.15) is 5.26 Å². The average Bonchev–Trinajstić information content (AvgIpc) is 3.18. The van der Waals surface area contributed by atoms with E-state index in [1.807, 2.05) is 42.5 Å². The summed E-state index contributed by atoms with van der Waals surface area (Å²) in [7, 11) is 0. The molecule has 1 aliphatic rings. The van der Waals surface area contributed by atoms with Gasteiger partial charge in [-0.1, -0.05) is 24.3 Å². The van der Waals surface area contributed by atoms with Gasteiger partial charge in [-0.25, -0.2) is 0 Å². The molecule has 4 rings (SSSR count). The van der Waals surface area contributed by atoms with Crippen molar-refractivity contribution in [2.75, 3.05) is 13.2 Å². The van der Waals surface area contributed by atoms with Crippen molar-refractivity contribution in [1.29, 1.82) is 5.26 Å². The first-order valence-corrected chi connectivity index (χ1v) is 9.17. The summed E-state index contributed by atoms with van der Waals surface area (Å²) < 4.78 is 8.28. The van der Waals surface area contributed by atoms with Crippen LogP contribution in [-0.4, -0.2) is 27.6 Å². The molecule has 0 saturated carbocycles. The van der Waals surface area contributed by atoms with Gasteiger partial charge in [0.15, 0.2) is 0 Å². The normalized spacial score (nSPS) is 16.6. The molecule has 0 bridgehead atoms. The number of rotatable bonds is 6. The van der Waals surface area contributed by atoms with Crippen LogP contribution in [0.3, 0.4) is 0 Å². The Kier molecular flexibility index (Phi) is 5.29. The Morgan fingerprint density at radius 3 is 2.85 bits per heavy atom. The number of aromatic nitrogens is 2. The standard InChI is InChI=1S/C22H22N4O/c23-12-18-6-1-2-7-19(18)13-25-14-21-9-5-11-26(21)22(15-25)17-27-16-20-8-3-4-10-24-20/h1-11,22H,13-17H2. The van der Waals surface area contributed by atoms with Gasteiger partial charge >= 0.3 is 0 Å². The molecule has 3 heterocycles. The van der Waals surface area contributed by atoms with Gasteiger partial charge in [0.05, 0.1) is 36.6 Å². The molecule has 0 radical (unpaired) electrons. The molecule has 0 amide bonds. The van der Waals surface area contributed by atoms with Crippen molar-refractivity contribution in [2.24, 2.45) is 0 Å². The molecule has 0 aliphatic carbocycles. The van der Waals surface area contributed by atoms with Gasteiger partial charge in [-0.15, -0.1) is 0 Å². The van der Waals surface area contributed by atoms with Gasteiger partial charge in [-0.05, 0) is 35.9 Å². The second-order valence-electron chi connectivity index (χ2n) is 6.84. The van der Waals surface area contributed by atoms with Gasteiger partial charge in [0, 0.05) is 37.7 Å². The summed E-state index contributed by atoms with van der Waals surface area (Å²) >= 11 is 0. The lowest BCUT2D eigenvalue weighted by Crippen LogP contribution is -2.38. The van der Waals surface area contributed by atoms with E-state index in [-0.39, 0.29) is 6.04 Å². The van der Waals surface area contributed by atoms with E-state index in [2.05, 4.69) is 38.8 Å². The van der Waals surface area contributed by atoms with Crippen molar-refractivity contribution < 1.29 is 4.74 Å². The third-order valence-corrected chi connectivity index (χ3v) is 4.93. The minimum Gasteiger partial charge on any atom is -0.373 e. The van der Waals surface area contributed by atoms with Crippen molar-refractivity contribution >= 4 is 0 Å². The fraction of sp³-hybridized carbons (Fsp3) is 0.273. The van der Waals surface area contributed by atoms with Gasteiger partial charge in [0.1, 0.15) is 0 Å². The molecule has 1 aromatic carbocycles. The summed E-state index contributed by atoms with van der Waals surface area (Å²) in [5.74, 6) is 0. The first-order chi connectivity index (χ1) is 13.3. The van der Waals surface area contributed by atoms with Crippen LogP contribution in [0.25, 0.3) is 0 Å². The van der Waals surface area contributed by atoms with Gasteiger partial charge in [0.25, 0.3) is 0 Å². The maximum atomic E-state index is 9.35. The molecule has 1 atom stereocenters. The lowest BCUT2D eigenvalue weighted by atomic mass is 10.1. The van der Waals surface area contributed by atoms with E-state index in [1.54, 1.807) is 6.20 Å².